The predicted octanol–water partition coefficient (Wildman–Crippen LogP) is 7.63. The lowest BCUT2D eigenvalue weighted by molar-refractivity contribution is -0.384. The summed E-state index contributed by atoms with van der Waals surface area (Å²) in [6.45, 7) is 8.70. The number of unbranched alkanes of at least 4 members (excludes halogenated alkanes) is 2. The Morgan fingerprint density at radius 1 is 1.05 bits per heavy atom. The summed E-state index contributed by atoms with van der Waals surface area (Å²) in [4.78, 5) is 16.9. The number of oxime groups is 1. The normalized spacial score (nSPS) is 24.4. The number of alkyl halides is 1. The highest BCUT2D eigenvalue weighted by molar-refractivity contribution is 6.17. The maximum Gasteiger partial charge on any atom is 0.269 e. The number of hydrogen-bond acceptors (Lipinski definition) is 11. The quantitative estimate of drug-likeness (QED) is 0.0340. The third kappa shape index (κ3) is 8.86. The van der Waals surface area contributed by atoms with Crippen LogP contribution < -0.4 is 9.47 Å². The molecule has 1 saturated carbocycles. The molecule has 13 nitrogen and oxygen atoms in total. The van der Waals surface area contributed by atoms with Crippen LogP contribution in [0.15, 0.2) is 90.8 Å². The van der Waals surface area contributed by atoms with Gasteiger partial charge >= 0.3 is 0 Å². The Hall–Kier alpha value is -4.56. The molecule has 14 heteroatoms. The van der Waals surface area contributed by atoms with Crippen molar-refractivity contribution in [2.24, 2.45) is 22.9 Å². The van der Waals surface area contributed by atoms with Crippen molar-refractivity contribution in [2.75, 3.05) is 32.3 Å². The van der Waals surface area contributed by atoms with Crippen LogP contribution in [-0.4, -0.2) is 73.9 Å². The summed E-state index contributed by atoms with van der Waals surface area (Å²) in [5, 5.41) is 44.8. The Balaban J connectivity index is 1.55. The van der Waals surface area contributed by atoms with Crippen LogP contribution in [0.5, 0.6) is 11.5 Å². The Bertz CT molecular complexity index is 1870. The molecular weight excluding hydrogens is 738 g/mol. The minimum absolute atomic E-state index is 0.00123. The second-order valence-corrected chi connectivity index (χ2v) is 14.9. The highest BCUT2D eigenvalue weighted by Gasteiger charge is 2.65. The standard InChI is InChI=1S/C42H52ClN5O8/c1-3-22-53-33-17-18-38-36(25-33)40-34(12-6-8-21-50)30(10-5-7-20-49)24-35-37(45-55-28-29-13-15-31(16-14-29)48(51)52)26-39(42(56-38,41(35)40)54-23-4-2)47-32(11-9-19-43)27-44-46-47/h3-4,13-18,24-25,27,30,34,39-41,49-50H,1-2,5-12,19-23,26,28H2/t30-,34+,39-,40+,41+,42+/m0/s1. The van der Waals surface area contributed by atoms with Crippen LogP contribution in [-0.2, 0) is 22.6 Å². The predicted molar refractivity (Wildman–Crippen MR) is 213 cm³/mol. The third-order valence-corrected chi connectivity index (χ3v) is 11.3. The van der Waals surface area contributed by atoms with Crippen LogP contribution in [0.4, 0.5) is 5.69 Å². The molecule has 0 amide bonds. The Morgan fingerprint density at radius 3 is 2.54 bits per heavy atom. The van der Waals surface area contributed by atoms with Gasteiger partial charge in [-0.3, -0.25) is 10.1 Å². The first kappa shape index (κ1) is 41.1. The van der Waals surface area contributed by atoms with Crippen LogP contribution in [0.2, 0.25) is 0 Å². The molecule has 0 radical (unpaired) electrons. The lowest BCUT2D eigenvalue weighted by Gasteiger charge is -2.58. The van der Waals surface area contributed by atoms with Gasteiger partial charge in [0.15, 0.2) is 0 Å². The number of nitro groups is 1. The number of benzene rings is 2. The number of hydrogen-bond donors (Lipinski definition) is 2. The van der Waals surface area contributed by atoms with Gasteiger partial charge in [0.2, 0.25) is 5.79 Å². The maximum atomic E-state index is 11.3. The molecule has 2 heterocycles. The van der Waals surface area contributed by atoms with Crippen molar-refractivity contribution in [1.82, 2.24) is 15.0 Å². The van der Waals surface area contributed by atoms with E-state index in [2.05, 4.69) is 35.6 Å². The van der Waals surface area contributed by atoms with E-state index < -0.39 is 22.7 Å². The Morgan fingerprint density at radius 2 is 1.82 bits per heavy atom. The molecule has 1 aliphatic heterocycles. The summed E-state index contributed by atoms with van der Waals surface area (Å²) >= 11 is 6.18. The second-order valence-electron chi connectivity index (χ2n) is 14.5. The number of ether oxygens (including phenoxy) is 3. The topological polar surface area (TPSA) is 164 Å². The fourth-order valence-corrected chi connectivity index (χ4v) is 8.81. The second kappa shape index (κ2) is 19.5. The largest absolute Gasteiger partial charge is 0.490 e. The molecule has 6 atom stereocenters. The van der Waals surface area contributed by atoms with E-state index in [0.717, 1.165) is 60.2 Å². The summed E-state index contributed by atoms with van der Waals surface area (Å²) in [5.41, 5.74) is 4.28. The van der Waals surface area contributed by atoms with Gasteiger partial charge in [-0.25, -0.2) is 4.68 Å². The number of aliphatic hydroxyl groups excluding tert-OH is 2. The zero-order valence-corrected chi connectivity index (χ0v) is 32.5. The molecule has 0 bridgehead atoms. The van der Waals surface area contributed by atoms with Gasteiger partial charge in [-0.15, -0.1) is 23.3 Å². The molecule has 2 N–H and O–H groups in total. The Labute approximate surface area is 332 Å². The molecule has 56 heavy (non-hydrogen) atoms. The lowest BCUT2D eigenvalue weighted by atomic mass is 9.55. The molecule has 3 aromatic rings. The first-order valence-corrected chi connectivity index (χ1v) is 20.0. The van der Waals surface area contributed by atoms with E-state index in [-0.39, 0.29) is 49.9 Å². The Kier molecular flexibility index (Phi) is 14.3. The number of aliphatic hydroxyl groups is 2. The van der Waals surface area contributed by atoms with E-state index in [9.17, 15) is 20.3 Å². The molecule has 0 spiro atoms. The minimum atomic E-state index is -1.28. The number of aryl methyl sites for hydroxylation is 1. The van der Waals surface area contributed by atoms with Crippen molar-refractivity contribution in [1.29, 1.82) is 0 Å². The highest BCUT2D eigenvalue weighted by atomic mass is 35.5. The van der Waals surface area contributed by atoms with Crippen LogP contribution in [0.25, 0.3) is 0 Å². The van der Waals surface area contributed by atoms with E-state index in [0.29, 0.717) is 49.7 Å². The molecule has 0 unspecified atom stereocenters. The van der Waals surface area contributed by atoms with Crippen LogP contribution >= 0.6 is 11.6 Å². The van der Waals surface area contributed by atoms with Gasteiger partial charge in [0.25, 0.3) is 5.69 Å². The van der Waals surface area contributed by atoms with Crippen LogP contribution in [0.1, 0.15) is 80.1 Å². The summed E-state index contributed by atoms with van der Waals surface area (Å²) < 4.78 is 22.2. The minimum Gasteiger partial charge on any atom is -0.490 e. The molecule has 1 aromatic heterocycles. The van der Waals surface area contributed by atoms with Gasteiger partial charge in [0, 0.05) is 49.1 Å². The summed E-state index contributed by atoms with van der Waals surface area (Å²) in [6, 6.07) is 11.6. The van der Waals surface area contributed by atoms with Gasteiger partial charge in [0.1, 0.15) is 30.8 Å². The summed E-state index contributed by atoms with van der Waals surface area (Å²) in [5.74, 6) is 0.224. The van der Waals surface area contributed by atoms with Crippen LogP contribution in [0, 0.1) is 27.9 Å². The fourth-order valence-electron chi connectivity index (χ4n) is 8.68. The van der Waals surface area contributed by atoms with Crippen LogP contribution in [0.3, 0.4) is 0 Å². The van der Waals surface area contributed by atoms with Gasteiger partial charge in [-0.1, -0.05) is 48.0 Å². The van der Waals surface area contributed by atoms with E-state index >= 15 is 0 Å². The number of rotatable bonds is 22. The van der Waals surface area contributed by atoms with E-state index in [4.69, 9.17) is 35.8 Å². The van der Waals surface area contributed by atoms with Crippen molar-refractivity contribution in [3.05, 3.63) is 113 Å². The van der Waals surface area contributed by atoms with Gasteiger partial charge < -0.3 is 29.3 Å². The van der Waals surface area contributed by atoms with Crippen molar-refractivity contribution in [2.45, 2.75) is 82.1 Å². The summed E-state index contributed by atoms with van der Waals surface area (Å²) in [7, 11) is 0. The van der Waals surface area contributed by atoms with Gasteiger partial charge in [0.05, 0.1) is 35.1 Å². The monoisotopic (exact) mass is 789 g/mol. The first-order chi connectivity index (χ1) is 27.4. The molecule has 2 aromatic carbocycles. The number of allylic oxidation sites excluding steroid dienone is 1. The average Bonchev–Trinajstić information content (AvgIpc) is 3.68. The molecule has 1 fully saturated rings. The molecular formula is C42H52ClN5O8. The van der Waals surface area contributed by atoms with E-state index in [1.54, 1.807) is 30.5 Å². The smallest absolute Gasteiger partial charge is 0.269 e. The van der Waals surface area contributed by atoms with Gasteiger partial charge in [-0.2, -0.15) is 0 Å². The maximum absolute atomic E-state index is 11.3. The highest BCUT2D eigenvalue weighted by Crippen LogP contribution is 2.63. The fraction of sp³-hybridized carbons (Fsp3) is 0.500. The van der Waals surface area contributed by atoms with E-state index in [1.807, 2.05) is 16.8 Å². The number of nitrogens with zero attached hydrogens (tertiary/aromatic N) is 5. The zero-order valence-electron chi connectivity index (χ0n) is 31.7. The number of nitro benzene ring substituents is 1. The molecule has 3 aliphatic rings. The van der Waals surface area contributed by atoms with Gasteiger partial charge in [-0.05, 0) is 91.8 Å². The molecule has 300 valence electrons. The van der Waals surface area contributed by atoms with Crippen molar-refractivity contribution in [3.8, 4) is 11.5 Å². The number of non-ortho nitro benzene ring substituents is 1. The van der Waals surface area contributed by atoms with Crippen molar-refractivity contribution >= 4 is 23.0 Å². The zero-order chi connectivity index (χ0) is 39.5. The third-order valence-electron chi connectivity index (χ3n) is 11.1. The molecule has 0 saturated heterocycles. The molecule has 2 aliphatic carbocycles. The first-order valence-electron chi connectivity index (χ1n) is 19.5. The lowest BCUT2D eigenvalue weighted by Crippen LogP contribution is -2.63. The summed E-state index contributed by atoms with van der Waals surface area (Å²) in [6.07, 6.45) is 13.9. The molecule has 6 rings (SSSR count). The van der Waals surface area contributed by atoms with Crippen molar-refractivity contribution < 1.29 is 34.2 Å². The average molecular weight is 790 g/mol. The number of fused-ring (bicyclic) bond motifs is 2. The number of aromatic nitrogens is 3. The number of halogens is 1. The van der Waals surface area contributed by atoms with Crippen molar-refractivity contribution in [3.63, 3.8) is 0 Å². The SMILES string of the molecule is C=CCOc1ccc2c(c1)[C@H]1[C@H](CCCCO)[C@@H](CCCCO)C=C3C(=NOCc4ccc([N+](=O)[O-])cc4)C[C@H](n4nncc4CCCCl)[C@@](OCC=C)(O2)[C@H]31. The van der Waals surface area contributed by atoms with E-state index in [1.165, 1.54) is 12.1 Å².